The van der Waals surface area contributed by atoms with E-state index in [2.05, 4.69) is 36.5 Å². The fourth-order valence-corrected chi connectivity index (χ4v) is 2.86. The number of hydrogen-bond donors (Lipinski definition) is 2. The third-order valence-corrected chi connectivity index (χ3v) is 3.74. The molecule has 0 aromatic heterocycles. The van der Waals surface area contributed by atoms with Crippen molar-refractivity contribution >= 4 is 0 Å². The second-order valence-corrected chi connectivity index (χ2v) is 5.00. The highest BCUT2D eigenvalue weighted by Gasteiger charge is 2.30. The number of aliphatic hydroxyl groups is 1. The van der Waals surface area contributed by atoms with Crippen LogP contribution in [0.1, 0.15) is 44.2 Å². The third kappa shape index (κ3) is 3.08. The normalized spacial score (nSPS) is 26.7. The molecular formula is C15H23NO. The number of aliphatic hydroxyl groups excluding tert-OH is 1. The molecule has 0 saturated carbocycles. The van der Waals surface area contributed by atoms with E-state index in [4.69, 9.17) is 0 Å². The number of hydrogen-bond acceptors (Lipinski definition) is 2. The molecule has 17 heavy (non-hydrogen) atoms. The van der Waals surface area contributed by atoms with Gasteiger partial charge in [0.1, 0.15) is 0 Å². The van der Waals surface area contributed by atoms with Gasteiger partial charge >= 0.3 is 0 Å². The standard InChI is InChI=1S/C15H23NO/c1-2-7-14(17)13-10-6-11-16-15(13)12-8-4-3-5-9-12/h3-5,8-9,13-17H,2,6-7,10-11H2,1H3/t13-,14+,15+/m1/s1. The van der Waals surface area contributed by atoms with Gasteiger partial charge in [-0.15, -0.1) is 0 Å². The molecule has 1 aliphatic heterocycles. The van der Waals surface area contributed by atoms with Gasteiger partial charge in [0.2, 0.25) is 0 Å². The highest BCUT2D eigenvalue weighted by molar-refractivity contribution is 5.20. The summed E-state index contributed by atoms with van der Waals surface area (Å²) in [6.07, 6.45) is 4.11. The van der Waals surface area contributed by atoms with Crippen molar-refractivity contribution < 1.29 is 5.11 Å². The molecule has 0 bridgehead atoms. The Morgan fingerprint density at radius 2 is 2.12 bits per heavy atom. The lowest BCUT2D eigenvalue weighted by molar-refractivity contribution is 0.0578. The van der Waals surface area contributed by atoms with Crippen molar-refractivity contribution in [2.24, 2.45) is 5.92 Å². The van der Waals surface area contributed by atoms with Crippen LogP contribution < -0.4 is 5.32 Å². The summed E-state index contributed by atoms with van der Waals surface area (Å²) in [6, 6.07) is 10.9. The lowest BCUT2D eigenvalue weighted by Gasteiger charge is -2.36. The summed E-state index contributed by atoms with van der Waals surface area (Å²) in [4.78, 5) is 0. The van der Waals surface area contributed by atoms with Crippen molar-refractivity contribution in [3.05, 3.63) is 35.9 Å². The summed E-state index contributed by atoms with van der Waals surface area (Å²) in [5.41, 5.74) is 1.31. The molecule has 3 atom stereocenters. The first kappa shape index (κ1) is 12.6. The molecule has 2 heteroatoms. The van der Waals surface area contributed by atoms with E-state index in [1.54, 1.807) is 0 Å². The molecule has 1 aromatic carbocycles. The lowest BCUT2D eigenvalue weighted by Crippen LogP contribution is -2.40. The molecule has 2 rings (SSSR count). The van der Waals surface area contributed by atoms with Crippen LogP contribution in [0.15, 0.2) is 30.3 Å². The molecule has 0 unspecified atom stereocenters. The molecule has 1 saturated heterocycles. The molecule has 1 fully saturated rings. The molecule has 94 valence electrons. The summed E-state index contributed by atoms with van der Waals surface area (Å²) in [5.74, 6) is 0.367. The molecule has 0 aliphatic carbocycles. The first-order chi connectivity index (χ1) is 8.33. The Morgan fingerprint density at radius 3 is 2.82 bits per heavy atom. The first-order valence-electron chi connectivity index (χ1n) is 6.79. The molecule has 2 nitrogen and oxygen atoms in total. The van der Waals surface area contributed by atoms with Crippen molar-refractivity contribution in [2.75, 3.05) is 6.54 Å². The highest BCUT2D eigenvalue weighted by atomic mass is 16.3. The molecular weight excluding hydrogens is 210 g/mol. The Morgan fingerprint density at radius 1 is 1.35 bits per heavy atom. The average molecular weight is 233 g/mol. The van der Waals surface area contributed by atoms with Crippen molar-refractivity contribution in [1.29, 1.82) is 0 Å². The fourth-order valence-electron chi connectivity index (χ4n) is 2.86. The molecule has 0 amide bonds. The quantitative estimate of drug-likeness (QED) is 0.838. The van der Waals surface area contributed by atoms with Crippen LogP contribution in [0.25, 0.3) is 0 Å². The lowest BCUT2D eigenvalue weighted by atomic mass is 9.81. The van der Waals surface area contributed by atoms with Crippen LogP contribution in [0.3, 0.4) is 0 Å². The van der Waals surface area contributed by atoms with Crippen molar-refractivity contribution in [1.82, 2.24) is 5.32 Å². The third-order valence-electron chi connectivity index (χ3n) is 3.74. The maximum atomic E-state index is 10.3. The van der Waals surface area contributed by atoms with E-state index in [0.717, 1.165) is 25.8 Å². The van der Waals surface area contributed by atoms with E-state index in [9.17, 15) is 5.11 Å². The SMILES string of the molecule is CCC[C@H](O)[C@H]1CCCN[C@H]1c1ccccc1. The van der Waals surface area contributed by atoms with Gasteiger partial charge in [-0.2, -0.15) is 0 Å². The smallest absolute Gasteiger partial charge is 0.0586 e. The van der Waals surface area contributed by atoms with Crippen LogP contribution in [-0.2, 0) is 0 Å². The van der Waals surface area contributed by atoms with Gasteiger partial charge in [-0.05, 0) is 31.4 Å². The van der Waals surface area contributed by atoms with Crippen molar-refractivity contribution in [3.63, 3.8) is 0 Å². The minimum Gasteiger partial charge on any atom is -0.393 e. The number of nitrogens with one attached hydrogen (secondary N) is 1. The number of rotatable bonds is 4. The molecule has 0 spiro atoms. The largest absolute Gasteiger partial charge is 0.393 e. The van der Waals surface area contributed by atoms with Crippen LogP contribution in [0.4, 0.5) is 0 Å². The Balaban J connectivity index is 2.12. The first-order valence-corrected chi connectivity index (χ1v) is 6.79. The highest BCUT2D eigenvalue weighted by Crippen LogP contribution is 2.33. The Labute approximate surface area is 104 Å². The van der Waals surface area contributed by atoms with Crippen molar-refractivity contribution in [3.8, 4) is 0 Å². The zero-order valence-electron chi connectivity index (χ0n) is 10.6. The summed E-state index contributed by atoms with van der Waals surface area (Å²) in [7, 11) is 0. The minimum atomic E-state index is -0.169. The Bertz CT molecular complexity index is 325. The maximum absolute atomic E-state index is 10.3. The topological polar surface area (TPSA) is 32.3 Å². The van der Waals surface area contributed by atoms with E-state index in [-0.39, 0.29) is 6.10 Å². The van der Waals surface area contributed by atoms with Gasteiger partial charge in [0.25, 0.3) is 0 Å². The van der Waals surface area contributed by atoms with Gasteiger partial charge in [0.05, 0.1) is 6.10 Å². The second kappa shape index (κ2) is 6.18. The predicted molar refractivity (Wildman–Crippen MR) is 70.8 cm³/mol. The molecule has 1 heterocycles. The monoisotopic (exact) mass is 233 g/mol. The van der Waals surface area contributed by atoms with Crippen LogP contribution in [-0.4, -0.2) is 17.8 Å². The van der Waals surface area contributed by atoms with Crippen LogP contribution in [0.2, 0.25) is 0 Å². The fraction of sp³-hybridized carbons (Fsp3) is 0.600. The Kier molecular flexibility index (Phi) is 4.57. The van der Waals surface area contributed by atoms with Crippen LogP contribution in [0, 0.1) is 5.92 Å². The molecule has 1 aromatic rings. The minimum absolute atomic E-state index is 0.169. The van der Waals surface area contributed by atoms with Gasteiger partial charge in [0.15, 0.2) is 0 Å². The van der Waals surface area contributed by atoms with E-state index >= 15 is 0 Å². The van der Waals surface area contributed by atoms with Gasteiger partial charge in [-0.3, -0.25) is 0 Å². The Hall–Kier alpha value is -0.860. The average Bonchev–Trinajstić information content (AvgIpc) is 2.40. The molecule has 1 aliphatic rings. The van der Waals surface area contributed by atoms with Crippen LogP contribution >= 0.6 is 0 Å². The van der Waals surface area contributed by atoms with E-state index in [1.165, 1.54) is 12.0 Å². The molecule has 0 radical (unpaired) electrons. The summed E-state index contributed by atoms with van der Waals surface area (Å²) in [6.45, 7) is 3.20. The zero-order valence-corrected chi connectivity index (χ0v) is 10.6. The van der Waals surface area contributed by atoms with E-state index < -0.39 is 0 Å². The summed E-state index contributed by atoms with van der Waals surface area (Å²) in [5, 5.41) is 13.8. The van der Waals surface area contributed by atoms with Gasteiger partial charge < -0.3 is 10.4 Å². The van der Waals surface area contributed by atoms with Gasteiger partial charge in [0, 0.05) is 12.0 Å². The number of benzene rings is 1. The predicted octanol–water partition coefficient (Wildman–Crippen LogP) is 2.89. The maximum Gasteiger partial charge on any atom is 0.0586 e. The van der Waals surface area contributed by atoms with Gasteiger partial charge in [-0.1, -0.05) is 43.7 Å². The molecule has 2 N–H and O–H groups in total. The zero-order chi connectivity index (χ0) is 12.1. The summed E-state index contributed by atoms with van der Waals surface area (Å²) < 4.78 is 0. The van der Waals surface area contributed by atoms with Gasteiger partial charge in [-0.25, -0.2) is 0 Å². The summed E-state index contributed by atoms with van der Waals surface area (Å²) >= 11 is 0. The number of piperidine rings is 1. The van der Waals surface area contributed by atoms with Crippen molar-refractivity contribution in [2.45, 2.75) is 44.8 Å². The van der Waals surface area contributed by atoms with Crippen LogP contribution in [0.5, 0.6) is 0 Å². The van der Waals surface area contributed by atoms with E-state index in [1.807, 2.05) is 6.07 Å². The second-order valence-electron chi connectivity index (χ2n) is 5.00. The van der Waals surface area contributed by atoms with E-state index in [0.29, 0.717) is 12.0 Å².